The molecule has 1 saturated heterocycles. The lowest BCUT2D eigenvalue weighted by atomic mass is 10.1. The van der Waals surface area contributed by atoms with E-state index in [1.54, 1.807) is 6.20 Å². The third-order valence-electron chi connectivity index (χ3n) is 3.57. The van der Waals surface area contributed by atoms with Crippen molar-refractivity contribution in [3.8, 4) is 0 Å². The van der Waals surface area contributed by atoms with Crippen molar-refractivity contribution < 1.29 is 4.79 Å². The van der Waals surface area contributed by atoms with Crippen LogP contribution in [0.1, 0.15) is 42.6 Å². The van der Waals surface area contributed by atoms with Crippen molar-refractivity contribution in [3.05, 3.63) is 24.0 Å². The largest absolute Gasteiger partial charge is 0.381 e. The highest BCUT2D eigenvalue weighted by Gasteiger charge is 2.22. The minimum absolute atomic E-state index is 0.0765. The zero-order valence-electron chi connectivity index (χ0n) is 10.6. The first-order valence-electron chi connectivity index (χ1n) is 6.85. The molecule has 0 aromatic carbocycles. The molecule has 1 aliphatic heterocycles. The molecule has 96 valence electrons. The number of anilines is 1. The number of hydrogen-bond acceptors (Lipinski definition) is 3. The second-order valence-corrected chi connectivity index (χ2v) is 5.20. The highest BCUT2D eigenvalue weighted by atomic mass is 16.2. The van der Waals surface area contributed by atoms with Gasteiger partial charge in [-0.3, -0.25) is 4.79 Å². The standard InChI is InChI=1S/C14H19N3O/c18-14(17-8-2-1-3-9-17)13-7-6-12(10-15-13)16-11-4-5-11/h6-7,10-11,16H,1-5,8-9H2. The lowest BCUT2D eigenvalue weighted by Gasteiger charge is -2.26. The molecule has 0 atom stereocenters. The Morgan fingerprint density at radius 1 is 1.22 bits per heavy atom. The normalized spacial score (nSPS) is 19.7. The molecule has 2 fully saturated rings. The summed E-state index contributed by atoms with van der Waals surface area (Å²) < 4.78 is 0. The molecule has 1 aromatic rings. The smallest absolute Gasteiger partial charge is 0.272 e. The van der Waals surface area contributed by atoms with Gasteiger partial charge in [-0.05, 0) is 44.2 Å². The Morgan fingerprint density at radius 3 is 2.61 bits per heavy atom. The maximum absolute atomic E-state index is 12.2. The van der Waals surface area contributed by atoms with E-state index in [0.717, 1.165) is 31.6 Å². The van der Waals surface area contributed by atoms with Crippen LogP contribution in [0.25, 0.3) is 0 Å². The predicted molar refractivity (Wildman–Crippen MR) is 70.6 cm³/mol. The van der Waals surface area contributed by atoms with Crippen molar-refractivity contribution in [2.75, 3.05) is 18.4 Å². The third-order valence-corrected chi connectivity index (χ3v) is 3.57. The first kappa shape index (κ1) is 11.5. The molecule has 1 amide bonds. The fraction of sp³-hybridized carbons (Fsp3) is 0.571. The van der Waals surface area contributed by atoms with Crippen molar-refractivity contribution in [1.29, 1.82) is 0 Å². The molecule has 3 rings (SSSR count). The number of aromatic nitrogens is 1. The van der Waals surface area contributed by atoms with Crippen LogP contribution in [0.15, 0.2) is 18.3 Å². The Balaban J connectivity index is 1.65. The summed E-state index contributed by atoms with van der Waals surface area (Å²) in [6, 6.07) is 4.42. The van der Waals surface area contributed by atoms with Gasteiger partial charge in [0.05, 0.1) is 11.9 Å². The van der Waals surface area contributed by atoms with Gasteiger partial charge in [-0.25, -0.2) is 4.98 Å². The summed E-state index contributed by atoms with van der Waals surface area (Å²) in [5, 5.41) is 3.37. The molecule has 1 aliphatic carbocycles. The molecule has 1 saturated carbocycles. The summed E-state index contributed by atoms with van der Waals surface area (Å²) in [7, 11) is 0. The Hall–Kier alpha value is -1.58. The van der Waals surface area contributed by atoms with Crippen molar-refractivity contribution in [3.63, 3.8) is 0 Å². The van der Waals surface area contributed by atoms with Gasteiger partial charge < -0.3 is 10.2 Å². The zero-order chi connectivity index (χ0) is 12.4. The average molecular weight is 245 g/mol. The minimum atomic E-state index is 0.0765. The van der Waals surface area contributed by atoms with Gasteiger partial charge in [0.25, 0.3) is 5.91 Å². The molecule has 0 radical (unpaired) electrons. The maximum Gasteiger partial charge on any atom is 0.272 e. The van der Waals surface area contributed by atoms with Gasteiger partial charge in [-0.15, -0.1) is 0 Å². The molecule has 2 heterocycles. The van der Waals surface area contributed by atoms with Crippen molar-refractivity contribution in [1.82, 2.24) is 9.88 Å². The first-order valence-corrected chi connectivity index (χ1v) is 6.85. The number of piperidine rings is 1. The highest BCUT2D eigenvalue weighted by molar-refractivity contribution is 5.92. The third kappa shape index (κ3) is 2.63. The number of rotatable bonds is 3. The van der Waals surface area contributed by atoms with Gasteiger partial charge in [0.1, 0.15) is 5.69 Å². The predicted octanol–water partition coefficient (Wildman–Crippen LogP) is 2.28. The van der Waals surface area contributed by atoms with Crippen LogP contribution < -0.4 is 5.32 Å². The van der Waals surface area contributed by atoms with Crippen LogP contribution in [0.3, 0.4) is 0 Å². The molecule has 1 aromatic heterocycles. The second-order valence-electron chi connectivity index (χ2n) is 5.20. The van der Waals surface area contributed by atoms with E-state index < -0.39 is 0 Å². The number of carbonyl (C=O) groups is 1. The van der Waals surface area contributed by atoms with Gasteiger partial charge in [0, 0.05) is 19.1 Å². The molecule has 4 nitrogen and oxygen atoms in total. The highest BCUT2D eigenvalue weighted by Crippen LogP contribution is 2.24. The van der Waals surface area contributed by atoms with Crippen LogP contribution in [-0.2, 0) is 0 Å². The Kier molecular flexibility index (Phi) is 3.17. The van der Waals surface area contributed by atoms with Crippen LogP contribution in [-0.4, -0.2) is 34.9 Å². The molecule has 0 bridgehead atoms. The van der Waals surface area contributed by atoms with E-state index >= 15 is 0 Å². The Morgan fingerprint density at radius 2 is 2.00 bits per heavy atom. The van der Waals surface area contributed by atoms with Gasteiger partial charge in [0.15, 0.2) is 0 Å². The summed E-state index contributed by atoms with van der Waals surface area (Å²) in [6.45, 7) is 1.76. The molecule has 18 heavy (non-hydrogen) atoms. The van der Waals surface area contributed by atoms with E-state index in [0.29, 0.717) is 11.7 Å². The van der Waals surface area contributed by atoms with Gasteiger partial charge >= 0.3 is 0 Å². The topological polar surface area (TPSA) is 45.2 Å². The minimum Gasteiger partial charge on any atom is -0.381 e. The molecule has 0 unspecified atom stereocenters. The van der Waals surface area contributed by atoms with E-state index in [9.17, 15) is 4.79 Å². The second kappa shape index (κ2) is 4.96. The quantitative estimate of drug-likeness (QED) is 0.888. The summed E-state index contributed by atoms with van der Waals surface area (Å²) in [6.07, 6.45) is 7.74. The molecular formula is C14H19N3O. The molecule has 0 spiro atoms. The van der Waals surface area contributed by atoms with E-state index in [1.807, 2.05) is 17.0 Å². The van der Waals surface area contributed by atoms with Gasteiger partial charge in [0.2, 0.25) is 0 Å². The van der Waals surface area contributed by atoms with Gasteiger partial charge in [-0.2, -0.15) is 0 Å². The fourth-order valence-corrected chi connectivity index (χ4v) is 2.33. The summed E-state index contributed by atoms with van der Waals surface area (Å²) >= 11 is 0. The van der Waals surface area contributed by atoms with Crippen molar-refractivity contribution in [2.24, 2.45) is 0 Å². The molecular weight excluding hydrogens is 226 g/mol. The molecule has 4 heteroatoms. The monoisotopic (exact) mass is 245 g/mol. The summed E-state index contributed by atoms with van der Waals surface area (Å²) in [4.78, 5) is 18.4. The van der Waals surface area contributed by atoms with Crippen LogP contribution in [0.2, 0.25) is 0 Å². The van der Waals surface area contributed by atoms with E-state index in [1.165, 1.54) is 19.3 Å². The van der Waals surface area contributed by atoms with E-state index in [-0.39, 0.29) is 5.91 Å². The number of nitrogens with one attached hydrogen (secondary N) is 1. The van der Waals surface area contributed by atoms with Crippen LogP contribution in [0.4, 0.5) is 5.69 Å². The number of hydrogen-bond donors (Lipinski definition) is 1. The fourth-order valence-electron chi connectivity index (χ4n) is 2.33. The average Bonchev–Trinajstić information content (AvgIpc) is 3.24. The SMILES string of the molecule is O=C(c1ccc(NC2CC2)cn1)N1CCCCC1. The summed E-state index contributed by atoms with van der Waals surface area (Å²) in [5.74, 6) is 0.0765. The molecule has 1 N–H and O–H groups in total. The Labute approximate surface area is 107 Å². The number of amides is 1. The first-order chi connectivity index (χ1) is 8.83. The van der Waals surface area contributed by atoms with Crippen LogP contribution >= 0.6 is 0 Å². The lowest BCUT2D eigenvalue weighted by molar-refractivity contribution is 0.0718. The van der Waals surface area contributed by atoms with E-state index in [2.05, 4.69) is 10.3 Å². The molecule has 2 aliphatic rings. The van der Waals surface area contributed by atoms with Crippen LogP contribution in [0, 0.1) is 0 Å². The van der Waals surface area contributed by atoms with Crippen molar-refractivity contribution >= 4 is 11.6 Å². The number of likely N-dealkylation sites (tertiary alicyclic amines) is 1. The number of carbonyl (C=O) groups excluding carboxylic acids is 1. The van der Waals surface area contributed by atoms with E-state index in [4.69, 9.17) is 0 Å². The number of pyridine rings is 1. The lowest BCUT2D eigenvalue weighted by Crippen LogP contribution is -2.36. The Bertz CT molecular complexity index is 419. The van der Waals surface area contributed by atoms with Gasteiger partial charge in [-0.1, -0.05) is 0 Å². The zero-order valence-corrected chi connectivity index (χ0v) is 10.6. The van der Waals surface area contributed by atoms with Crippen LogP contribution in [0.5, 0.6) is 0 Å². The number of nitrogens with zero attached hydrogens (tertiary/aromatic N) is 2. The summed E-state index contributed by atoms with van der Waals surface area (Å²) in [5.41, 5.74) is 1.59. The van der Waals surface area contributed by atoms with Crippen molar-refractivity contribution in [2.45, 2.75) is 38.1 Å². The maximum atomic E-state index is 12.2.